The maximum Gasteiger partial charge on any atom is 0.263 e. The van der Waals surface area contributed by atoms with Crippen molar-refractivity contribution >= 4 is 17.5 Å². The van der Waals surface area contributed by atoms with Crippen LogP contribution in [0.3, 0.4) is 0 Å². The highest BCUT2D eigenvalue weighted by atomic mass is 35.5. The summed E-state index contributed by atoms with van der Waals surface area (Å²) < 4.78 is 5.87. The van der Waals surface area contributed by atoms with Gasteiger partial charge in [0.1, 0.15) is 5.75 Å². The average Bonchev–Trinajstić information content (AvgIpc) is 2.54. The normalized spacial score (nSPS) is 19.8. The molecule has 0 spiro atoms. The van der Waals surface area contributed by atoms with E-state index in [0.717, 1.165) is 26.1 Å². The number of ether oxygens (including phenoxy) is 1. The third kappa shape index (κ3) is 4.37. The molecule has 2 atom stereocenters. The number of piperidine rings is 1. The van der Waals surface area contributed by atoms with Crippen molar-refractivity contribution in [1.82, 2.24) is 10.2 Å². The number of nitrogens with zero attached hydrogens (tertiary/aromatic N) is 1. The van der Waals surface area contributed by atoms with E-state index in [4.69, 9.17) is 16.3 Å². The SMILES string of the molecule is CCC(Oc1ccccc1Cl)C(=O)N1CCCC(CNC)C1. The zero-order valence-electron chi connectivity index (χ0n) is 13.3. The first-order chi connectivity index (χ1) is 10.7. The number of rotatable bonds is 6. The van der Waals surface area contributed by atoms with Crippen molar-refractivity contribution in [1.29, 1.82) is 0 Å². The molecule has 22 heavy (non-hydrogen) atoms. The highest BCUT2D eigenvalue weighted by Gasteiger charge is 2.29. The van der Waals surface area contributed by atoms with Gasteiger partial charge in [-0.25, -0.2) is 0 Å². The van der Waals surface area contributed by atoms with Gasteiger partial charge in [-0.05, 0) is 50.9 Å². The number of likely N-dealkylation sites (tertiary alicyclic amines) is 1. The van der Waals surface area contributed by atoms with Crippen LogP contribution in [0, 0.1) is 5.92 Å². The lowest BCUT2D eigenvalue weighted by atomic mass is 9.97. The fourth-order valence-electron chi connectivity index (χ4n) is 2.93. The molecule has 1 aromatic carbocycles. The quantitative estimate of drug-likeness (QED) is 0.874. The Morgan fingerprint density at radius 1 is 1.50 bits per heavy atom. The molecule has 4 nitrogen and oxygen atoms in total. The van der Waals surface area contributed by atoms with E-state index in [9.17, 15) is 4.79 Å². The molecule has 1 fully saturated rings. The second-order valence-corrected chi connectivity index (χ2v) is 6.20. The van der Waals surface area contributed by atoms with Crippen LogP contribution < -0.4 is 10.1 Å². The van der Waals surface area contributed by atoms with Crippen molar-refractivity contribution in [3.63, 3.8) is 0 Å². The van der Waals surface area contributed by atoms with Crippen molar-refractivity contribution in [2.24, 2.45) is 5.92 Å². The number of hydrogen-bond donors (Lipinski definition) is 1. The zero-order chi connectivity index (χ0) is 15.9. The molecule has 1 heterocycles. The minimum Gasteiger partial charge on any atom is -0.479 e. The van der Waals surface area contributed by atoms with Crippen molar-refractivity contribution in [3.8, 4) is 5.75 Å². The number of halogens is 1. The Kier molecular flexibility index (Phi) is 6.52. The summed E-state index contributed by atoms with van der Waals surface area (Å²) in [5.41, 5.74) is 0. The van der Waals surface area contributed by atoms with E-state index in [1.54, 1.807) is 12.1 Å². The Morgan fingerprint density at radius 2 is 2.27 bits per heavy atom. The van der Waals surface area contributed by atoms with E-state index in [2.05, 4.69) is 5.32 Å². The number of amides is 1. The van der Waals surface area contributed by atoms with Gasteiger partial charge in [0.15, 0.2) is 6.10 Å². The number of para-hydroxylation sites is 1. The van der Waals surface area contributed by atoms with Gasteiger partial charge >= 0.3 is 0 Å². The van der Waals surface area contributed by atoms with E-state index < -0.39 is 6.10 Å². The van der Waals surface area contributed by atoms with Crippen LogP contribution in [0.2, 0.25) is 5.02 Å². The molecule has 5 heteroatoms. The molecule has 1 amide bonds. The van der Waals surface area contributed by atoms with Crippen LogP contribution in [-0.2, 0) is 4.79 Å². The van der Waals surface area contributed by atoms with Crippen LogP contribution in [0.1, 0.15) is 26.2 Å². The average molecular weight is 325 g/mol. The molecule has 0 aromatic heterocycles. The molecule has 0 saturated carbocycles. The van der Waals surface area contributed by atoms with Crippen LogP contribution in [0.4, 0.5) is 0 Å². The van der Waals surface area contributed by atoms with Gasteiger partial charge in [0, 0.05) is 13.1 Å². The number of carbonyl (C=O) groups excluding carboxylic acids is 1. The van der Waals surface area contributed by atoms with Gasteiger partial charge in [0.05, 0.1) is 5.02 Å². The summed E-state index contributed by atoms with van der Waals surface area (Å²) in [6, 6.07) is 7.30. The molecule has 1 aromatic rings. The summed E-state index contributed by atoms with van der Waals surface area (Å²) in [6.07, 6.45) is 2.40. The first-order valence-electron chi connectivity index (χ1n) is 8.00. The third-order valence-corrected chi connectivity index (χ3v) is 4.39. The van der Waals surface area contributed by atoms with Gasteiger partial charge in [0.2, 0.25) is 0 Å². The fourth-order valence-corrected chi connectivity index (χ4v) is 3.11. The predicted molar refractivity (Wildman–Crippen MR) is 89.4 cm³/mol. The number of nitrogens with one attached hydrogen (secondary N) is 1. The van der Waals surface area contributed by atoms with Crippen molar-refractivity contribution < 1.29 is 9.53 Å². The van der Waals surface area contributed by atoms with E-state index >= 15 is 0 Å². The minimum absolute atomic E-state index is 0.0724. The van der Waals surface area contributed by atoms with E-state index in [-0.39, 0.29) is 5.91 Å². The van der Waals surface area contributed by atoms with Gasteiger partial charge in [-0.1, -0.05) is 30.7 Å². The second kappa shape index (κ2) is 8.39. The van der Waals surface area contributed by atoms with Crippen molar-refractivity contribution in [3.05, 3.63) is 29.3 Å². The van der Waals surface area contributed by atoms with Gasteiger partial charge < -0.3 is 15.0 Å². The third-order valence-electron chi connectivity index (χ3n) is 4.08. The maximum absolute atomic E-state index is 12.7. The molecule has 0 bridgehead atoms. The monoisotopic (exact) mass is 324 g/mol. The van der Waals surface area contributed by atoms with E-state index in [0.29, 0.717) is 23.1 Å². The molecular weight excluding hydrogens is 300 g/mol. The topological polar surface area (TPSA) is 41.6 Å². The number of carbonyl (C=O) groups is 1. The fraction of sp³-hybridized carbons (Fsp3) is 0.588. The smallest absolute Gasteiger partial charge is 0.263 e. The molecule has 1 N–H and O–H groups in total. The first kappa shape index (κ1) is 17.1. The van der Waals surface area contributed by atoms with Gasteiger partial charge in [-0.2, -0.15) is 0 Å². The summed E-state index contributed by atoms with van der Waals surface area (Å²) >= 11 is 6.12. The molecule has 0 radical (unpaired) electrons. The van der Waals surface area contributed by atoms with Crippen LogP contribution >= 0.6 is 11.6 Å². The van der Waals surface area contributed by atoms with Crippen molar-refractivity contribution in [2.75, 3.05) is 26.7 Å². The Bertz CT molecular complexity index is 493. The lowest BCUT2D eigenvalue weighted by Crippen LogP contribution is -2.48. The molecule has 1 aliphatic rings. The summed E-state index contributed by atoms with van der Waals surface area (Å²) in [6.45, 7) is 4.55. The Balaban J connectivity index is 2.00. The summed E-state index contributed by atoms with van der Waals surface area (Å²) in [4.78, 5) is 14.7. The van der Waals surface area contributed by atoms with Crippen molar-refractivity contribution in [2.45, 2.75) is 32.3 Å². The molecule has 1 aliphatic heterocycles. The predicted octanol–water partition coefficient (Wildman–Crippen LogP) is 2.96. The summed E-state index contributed by atoms with van der Waals surface area (Å²) in [7, 11) is 1.95. The standard InChI is InChI=1S/C17H25ClN2O2/c1-3-15(22-16-9-5-4-8-14(16)18)17(21)20-10-6-7-13(12-20)11-19-2/h4-5,8-9,13,15,19H,3,6-7,10-12H2,1-2H3. The largest absolute Gasteiger partial charge is 0.479 e. The Hall–Kier alpha value is -1.26. The summed E-state index contributed by atoms with van der Waals surface area (Å²) in [5.74, 6) is 1.18. The highest BCUT2D eigenvalue weighted by molar-refractivity contribution is 6.32. The first-order valence-corrected chi connectivity index (χ1v) is 8.38. The van der Waals surface area contributed by atoms with E-state index in [1.807, 2.05) is 31.0 Å². The van der Waals surface area contributed by atoms with Gasteiger partial charge in [-0.15, -0.1) is 0 Å². The minimum atomic E-state index is -0.465. The molecule has 2 rings (SSSR count). The second-order valence-electron chi connectivity index (χ2n) is 5.80. The molecular formula is C17H25ClN2O2. The van der Waals surface area contributed by atoms with Crippen LogP contribution in [-0.4, -0.2) is 43.6 Å². The van der Waals surface area contributed by atoms with Crippen LogP contribution in [0.15, 0.2) is 24.3 Å². The lowest BCUT2D eigenvalue weighted by molar-refractivity contribution is -0.140. The zero-order valence-corrected chi connectivity index (χ0v) is 14.1. The molecule has 2 unspecified atom stereocenters. The Morgan fingerprint density at radius 3 is 2.95 bits per heavy atom. The maximum atomic E-state index is 12.7. The highest BCUT2D eigenvalue weighted by Crippen LogP contribution is 2.26. The van der Waals surface area contributed by atoms with Crippen LogP contribution in [0.5, 0.6) is 5.75 Å². The lowest BCUT2D eigenvalue weighted by Gasteiger charge is -2.34. The number of benzene rings is 1. The Labute approximate surface area is 137 Å². The molecule has 122 valence electrons. The van der Waals surface area contributed by atoms with Gasteiger partial charge in [-0.3, -0.25) is 4.79 Å². The molecule has 0 aliphatic carbocycles. The van der Waals surface area contributed by atoms with E-state index in [1.165, 1.54) is 6.42 Å². The van der Waals surface area contributed by atoms with Crippen LogP contribution in [0.25, 0.3) is 0 Å². The van der Waals surface area contributed by atoms with Gasteiger partial charge in [0.25, 0.3) is 5.91 Å². The summed E-state index contributed by atoms with van der Waals surface area (Å²) in [5, 5.41) is 3.74. The number of hydrogen-bond acceptors (Lipinski definition) is 3. The molecule has 1 saturated heterocycles.